The van der Waals surface area contributed by atoms with Gasteiger partial charge >= 0.3 is 23.3 Å². The maximum absolute atomic E-state index is 12.2. The van der Waals surface area contributed by atoms with Crippen LogP contribution in [-0.4, -0.2) is 41.7 Å². The lowest BCUT2D eigenvalue weighted by molar-refractivity contribution is -0.154. The largest absolute Gasteiger partial charge is 0.481 e. The summed E-state index contributed by atoms with van der Waals surface area (Å²) in [7, 11) is 0. The van der Waals surface area contributed by atoms with Crippen LogP contribution in [0.15, 0.2) is 107 Å². The second kappa shape index (κ2) is 13.6. The summed E-state index contributed by atoms with van der Waals surface area (Å²) in [5.41, 5.74) is 5.99. The molecule has 6 rings (SSSR count). The lowest BCUT2D eigenvalue weighted by Gasteiger charge is -2.19. The van der Waals surface area contributed by atoms with Crippen molar-refractivity contribution in [2.45, 2.75) is 52.3 Å². The van der Waals surface area contributed by atoms with Crippen molar-refractivity contribution < 1.29 is 19.4 Å². The number of hydrogen-bond acceptors (Lipinski definition) is 5. The molecule has 46 heavy (non-hydrogen) atoms. The van der Waals surface area contributed by atoms with Gasteiger partial charge in [-0.05, 0) is 67.3 Å². The van der Waals surface area contributed by atoms with Gasteiger partial charge in [-0.15, -0.1) is 0 Å². The summed E-state index contributed by atoms with van der Waals surface area (Å²) < 4.78 is 8.71. The fourth-order valence-corrected chi connectivity index (χ4v) is 5.29. The molecule has 10 heteroatoms. The molecule has 0 aliphatic heterocycles. The van der Waals surface area contributed by atoms with E-state index in [1.54, 1.807) is 15.2 Å². The van der Waals surface area contributed by atoms with Crippen molar-refractivity contribution in [1.82, 2.24) is 19.1 Å². The molecule has 2 heterocycles. The molecule has 0 atom stereocenters. The van der Waals surface area contributed by atoms with Crippen LogP contribution in [0.5, 0.6) is 0 Å². The minimum atomic E-state index is -0.864. The Balaban J connectivity index is 0.000000184. The van der Waals surface area contributed by atoms with E-state index in [9.17, 15) is 19.2 Å². The maximum Gasteiger partial charge on any atom is 0.326 e. The van der Waals surface area contributed by atoms with Crippen molar-refractivity contribution >= 4 is 34.0 Å². The van der Waals surface area contributed by atoms with E-state index < -0.39 is 11.6 Å². The van der Waals surface area contributed by atoms with Gasteiger partial charge in [-0.1, -0.05) is 72.8 Å². The van der Waals surface area contributed by atoms with Crippen LogP contribution in [0.2, 0.25) is 0 Å². The Labute approximate surface area is 264 Å². The number of imidazole rings is 2. The molecule has 2 aromatic heterocycles. The molecule has 3 N–H and O–H groups in total. The number of carboxylic acid groups (broad SMARTS) is 1. The number of ether oxygens (including phenoxy) is 1. The third-order valence-corrected chi connectivity index (χ3v) is 7.15. The second-order valence-electron chi connectivity index (χ2n) is 12.0. The number of nitrogens with zero attached hydrogens (tertiary/aromatic N) is 2. The molecule has 0 saturated heterocycles. The number of esters is 1. The molecule has 0 fully saturated rings. The first-order valence-corrected chi connectivity index (χ1v) is 14.9. The zero-order chi connectivity index (χ0) is 32.8. The molecular weight excluding hydrogens is 584 g/mol. The van der Waals surface area contributed by atoms with Crippen LogP contribution in [0.1, 0.15) is 43.0 Å². The number of nitrogens with one attached hydrogen (secondary N) is 2. The number of H-pyrrole nitrogens is 2. The highest BCUT2D eigenvalue weighted by Gasteiger charge is 2.17. The zero-order valence-corrected chi connectivity index (χ0v) is 25.9. The molecular formula is C36H36N4O6. The van der Waals surface area contributed by atoms with Gasteiger partial charge < -0.3 is 19.8 Å². The Bertz CT molecular complexity index is 2130. The topological polar surface area (TPSA) is 139 Å². The van der Waals surface area contributed by atoms with Gasteiger partial charge in [0.05, 0.1) is 48.0 Å². The summed E-state index contributed by atoms with van der Waals surface area (Å²) in [5, 5.41) is 8.84. The van der Waals surface area contributed by atoms with Gasteiger partial charge in [0.1, 0.15) is 5.60 Å². The maximum atomic E-state index is 12.2. The minimum absolute atomic E-state index is 0.0172. The minimum Gasteiger partial charge on any atom is -0.481 e. The van der Waals surface area contributed by atoms with E-state index in [0.717, 1.165) is 44.3 Å². The SMILES string of the molecule is CC(C)(C)OC(=O)Cc1cccc(Cn2c(=O)[nH]c3ccccc32)c1.O=C(O)Cc1cccc(Cn2c(=O)[nH]c3ccccc32)c1. The number of para-hydroxylation sites is 4. The first-order chi connectivity index (χ1) is 21.9. The molecule has 236 valence electrons. The third kappa shape index (κ3) is 8.09. The van der Waals surface area contributed by atoms with Crippen LogP contribution < -0.4 is 11.4 Å². The number of carbonyl (C=O) groups is 2. The molecule has 0 amide bonds. The molecule has 4 aromatic carbocycles. The Kier molecular flexibility index (Phi) is 9.37. The Morgan fingerprint density at radius 3 is 1.54 bits per heavy atom. The highest BCUT2D eigenvalue weighted by atomic mass is 16.6. The normalized spacial score (nSPS) is 11.3. The Morgan fingerprint density at radius 2 is 1.09 bits per heavy atom. The van der Waals surface area contributed by atoms with Gasteiger partial charge in [-0.25, -0.2) is 9.59 Å². The van der Waals surface area contributed by atoms with E-state index in [1.165, 1.54) is 0 Å². The van der Waals surface area contributed by atoms with Crippen LogP contribution in [0, 0.1) is 0 Å². The predicted octanol–water partition coefficient (Wildman–Crippen LogP) is 5.27. The van der Waals surface area contributed by atoms with Crippen molar-refractivity contribution in [2.24, 2.45) is 0 Å². The van der Waals surface area contributed by atoms with Crippen LogP contribution in [-0.2, 0) is 40.3 Å². The number of benzene rings is 4. The monoisotopic (exact) mass is 620 g/mol. The number of aromatic nitrogens is 4. The van der Waals surface area contributed by atoms with Crippen molar-refractivity contribution in [3.63, 3.8) is 0 Å². The van der Waals surface area contributed by atoms with Gasteiger partial charge in [-0.2, -0.15) is 0 Å². The first-order valence-electron chi connectivity index (χ1n) is 14.9. The van der Waals surface area contributed by atoms with Gasteiger partial charge in [0.25, 0.3) is 0 Å². The first kappa shape index (κ1) is 31.8. The van der Waals surface area contributed by atoms with Gasteiger partial charge in [-0.3, -0.25) is 18.7 Å². The van der Waals surface area contributed by atoms with Crippen molar-refractivity contribution in [1.29, 1.82) is 0 Å². The number of carboxylic acids is 1. The number of aromatic amines is 2. The van der Waals surface area contributed by atoms with E-state index in [1.807, 2.05) is 112 Å². The fraction of sp³-hybridized carbons (Fsp3) is 0.222. The molecule has 0 aliphatic carbocycles. The summed E-state index contributed by atoms with van der Waals surface area (Å²) in [6.07, 6.45) is 0.199. The molecule has 0 bridgehead atoms. The van der Waals surface area contributed by atoms with E-state index in [0.29, 0.717) is 13.1 Å². The molecule has 0 unspecified atom stereocenters. The highest BCUT2D eigenvalue weighted by molar-refractivity contribution is 5.76. The van der Waals surface area contributed by atoms with E-state index in [4.69, 9.17) is 9.84 Å². The molecule has 0 saturated carbocycles. The predicted molar refractivity (Wildman–Crippen MR) is 177 cm³/mol. The quantitative estimate of drug-likeness (QED) is 0.198. The van der Waals surface area contributed by atoms with Crippen LogP contribution >= 0.6 is 0 Å². The Hall–Kier alpha value is -5.64. The smallest absolute Gasteiger partial charge is 0.326 e. The lowest BCUT2D eigenvalue weighted by Crippen LogP contribution is -2.25. The number of fused-ring (bicyclic) bond motifs is 2. The van der Waals surface area contributed by atoms with Crippen molar-refractivity contribution in [3.05, 3.63) is 140 Å². The number of hydrogen-bond donors (Lipinski definition) is 3. The van der Waals surface area contributed by atoms with Crippen LogP contribution in [0.3, 0.4) is 0 Å². The van der Waals surface area contributed by atoms with Crippen molar-refractivity contribution in [2.75, 3.05) is 0 Å². The standard InChI is InChI=1S/C20H22N2O3.C16H14N2O3/c1-20(2,3)25-18(23)12-14-7-6-8-15(11-14)13-22-17-10-5-4-9-16(17)21-19(22)24;19-15(20)9-11-4-3-5-12(8-11)10-18-14-7-2-1-6-13(14)17-16(18)21/h4-11H,12-13H2,1-3H3,(H,21,24);1-8H,9-10H2,(H,17,21)(H,19,20). The molecule has 6 aromatic rings. The van der Waals surface area contributed by atoms with E-state index in [2.05, 4.69) is 9.97 Å². The summed E-state index contributed by atoms with van der Waals surface area (Å²) >= 11 is 0. The summed E-state index contributed by atoms with van der Waals surface area (Å²) in [5.74, 6) is -1.12. The van der Waals surface area contributed by atoms with Gasteiger partial charge in [0, 0.05) is 0 Å². The van der Waals surface area contributed by atoms with E-state index >= 15 is 0 Å². The summed E-state index contributed by atoms with van der Waals surface area (Å²) in [4.78, 5) is 52.6. The average Bonchev–Trinajstić information content (AvgIpc) is 3.47. The van der Waals surface area contributed by atoms with E-state index in [-0.39, 0.29) is 30.2 Å². The van der Waals surface area contributed by atoms with Crippen LogP contribution in [0.4, 0.5) is 0 Å². The average molecular weight is 621 g/mol. The molecule has 10 nitrogen and oxygen atoms in total. The highest BCUT2D eigenvalue weighted by Crippen LogP contribution is 2.16. The van der Waals surface area contributed by atoms with Crippen LogP contribution in [0.25, 0.3) is 22.1 Å². The van der Waals surface area contributed by atoms with Gasteiger partial charge in [0.15, 0.2) is 0 Å². The number of rotatable bonds is 8. The zero-order valence-electron chi connectivity index (χ0n) is 25.9. The molecule has 0 spiro atoms. The molecule has 0 radical (unpaired) electrons. The third-order valence-electron chi connectivity index (χ3n) is 7.15. The van der Waals surface area contributed by atoms with Gasteiger partial charge in [0.2, 0.25) is 0 Å². The fourth-order valence-electron chi connectivity index (χ4n) is 5.29. The number of carbonyl (C=O) groups excluding carboxylic acids is 1. The second-order valence-corrected chi connectivity index (χ2v) is 12.0. The summed E-state index contributed by atoms with van der Waals surface area (Å²) in [6.45, 7) is 6.42. The molecule has 0 aliphatic rings. The number of aliphatic carboxylic acids is 1. The Morgan fingerprint density at radius 1 is 0.652 bits per heavy atom. The van der Waals surface area contributed by atoms with Crippen molar-refractivity contribution in [3.8, 4) is 0 Å². The lowest BCUT2D eigenvalue weighted by atomic mass is 10.1. The summed E-state index contributed by atoms with van der Waals surface area (Å²) in [6, 6.07) is 30.1.